The van der Waals surface area contributed by atoms with Crippen molar-refractivity contribution in [1.82, 2.24) is 10.6 Å². The first-order valence-corrected chi connectivity index (χ1v) is 6.23. The molecule has 17 heavy (non-hydrogen) atoms. The first-order chi connectivity index (χ1) is 8.35. The van der Waals surface area contributed by atoms with Crippen LogP contribution in [0.2, 0.25) is 0 Å². The second kappa shape index (κ2) is 13.2. The molecule has 0 saturated heterocycles. The Kier molecular flexibility index (Phi) is 12.6. The molecule has 7 nitrogen and oxygen atoms in total. The summed E-state index contributed by atoms with van der Waals surface area (Å²) in [5.74, 6) is 0. The minimum absolute atomic E-state index is 0.122. The summed E-state index contributed by atoms with van der Waals surface area (Å²) in [6.07, 6.45) is 3.58. The Morgan fingerprint density at radius 3 is 2.35 bits per heavy atom. The Hall–Kier alpha value is -0.850. The van der Waals surface area contributed by atoms with Gasteiger partial charge >= 0.3 is 0 Å². The molecule has 0 heterocycles. The SMILES string of the molecule is [N-]=[N+]=NC(CCCNCCCN)NCCCN. The maximum Gasteiger partial charge on any atom is 0.0861 e. The van der Waals surface area contributed by atoms with Gasteiger partial charge in [-0.1, -0.05) is 5.11 Å². The van der Waals surface area contributed by atoms with Crippen LogP contribution in [-0.4, -0.2) is 38.9 Å². The second-order valence-corrected chi connectivity index (χ2v) is 3.85. The molecule has 1 unspecified atom stereocenters. The van der Waals surface area contributed by atoms with Gasteiger partial charge in [0.05, 0.1) is 6.17 Å². The summed E-state index contributed by atoms with van der Waals surface area (Å²) in [6.45, 7) is 4.03. The highest BCUT2D eigenvalue weighted by molar-refractivity contribution is 4.66. The molecule has 0 aromatic carbocycles. The fourth-order valence-corrected chi connectivity index (χ4v) is 1.41. The van der Waals surface area contributed by atoms with Crippen molar-refractivity contribution in [2.24, 2.45) is 16.6 Å². The van der Waals surface area contributed by atoms with E-state index >= 15 is 0 Å². The monoisotopic (exact) mass is 243 g/mol. The summed E-state index contributed by atoms with van der Waals surface area (Å²) in [6, 6.07) is 0. The highest BCUT2D eigenvalue weighted by Crippen LogP contribution is 1.98. The lowest BCUT2D eigenvalue weighted by atomic mass is 10.2. The summed E-state index contributed by atoms with van der Waals surface area (Å²) in [7, 11) is 0. The van der Waals surface area contributed by atoms with Gasteiger partial charge in [0.2, 0.25) is 0 Å². The van der Waals surface area contributed by atoms with Crippen molar-refractivity contribution in [3.8, 4) is 0 Å². The van der Waals surface area contributed by atoms with Crippen LogP contribution in [0.15, 0.2) is 5.11 Å². The Labute approximate surface area is 103 Å². The lowest BCUT2D eigenvalue weighted by Gasteiger charge is -2.13. The van der Waals surface area contributed by atoms with E-state index in [4.69, 9.17) is 17.0 Å². The first-order valence-electron chi connectivity index (χ1n) is 6.23. The van der Waals surface area contributed by atoms with Crippen molar-refractivity contribution in [2.45, 2.75) is 31.8 Å². The molecule has 0 radical (unpaired) electrons. The number of azide groups is 1. The molecule has 0 rings (SSSR count). The number of rotatable bonds is 12. The lowest BCUT2D eigenvalue weighted by Crippen LogP contribution is -2.30. The van der Waals surface area contributed by atoms with Gasteiger partial charge in [0.15, 0.2) is 0 Å². The molecule has 1 atom stereocenters. The summed E-state index contributed by atoms with van der Waals surface area (Å²) >= 11 is 0. The Morgan fingerprint density at radius 1 is 1.06 bits per heavy atom. The molecule has 0 aliphatic carbocycles. The summed E-state index contributed by atoms with van der Waals surface area (Å²) in [4.78, 5) is 2.84. The molecule has 0 aliphatic rings. The summed E-state index contributed by atoms with van der Waals surface area (Å²) in [5.41, 5.74) is 19.2. The molecular weight excluding hydrogens is 218 g/mol. The van der Waals surface area contributed by atoms with Crippen LogP contribution in [0, 0.1) is 0 Å². The zero-order valence-electron chi connectivity index (χ0n) is 10.4. The zero-order chi connectivity index (χ0) is 12.8. The molecule has 0 spiro atoms. The van der Waals surface area contributed by atoms with Crippen LogP contribution in [0.25, 0.3) is 10.4 Å². The highest BCUT2D eigenvalue weighted by Gasteiger charge is 2.03. The fraction of sp³-hybridized carbons (Fsp3) is 1.00. The molecule has 0 aromatic heterocycles. The zero-order valence-corrected chi connectivity index (χ0v) is 10.4. The van der Waals surface area contributed by atoms with Crippen molar-refractivity contribution >= 4 is 0 Å². The van der Waals surface area contributed by atoms with E-state index in [9.17, 15) is 0 Å². The van der Waals surface area contributed by atoms with Gasteiger partial charge in [-0.25, -0.2) is 0 Å². The van der Waals surface area contributed by atoms with E-state index in [-0.39, 0.29) is 6.17 Å². The van der Waals surface area contributed by atoms with Crippen LogP contribution in [0.1, 0.15) is 25.7 Å². The Balaban J connectivity index is 3.52. The number of nitrogens with one attached hydrogen (secondary N) is 2. The molecule has 0 amide bonds. The number of nitrogens with two attached hydrogens (primary N) is 2. The molecule has 0 saturated carbocycles. The number of hydrogen-bond acceptors (Lipinski definition) is 5. The molecule has 0 bridgehead atoms. The third kappa shape index (κ3) is 11.4. The molecule has 0 aromatic rings. The fourth-order valence-electron chi connectivity index (χ4n) is 1.41. The minimum atomic E-state index is -0.122. The van der Waals surface area contributed by atoms with E-state index in [0.717, 1.165) is 51.9 Å². The van der Waals surface area contributed by atoms with Gasteiger partial charge in [-0.2, -0.15) is 0 Å². The van der Waals surface area contributed by atoms with Crippen molar-refractivity contribution in [3.63, 3.8) is 0 Å². The molecule has 100 valence electrons. The topological polar surface area (TPSA) is 125 Å². The minimum Gasteiger partial charge on any atom is -0.330 e. The predicted octanol–water partition coefficient (Wildman–Crippen LogP) is 0.280. The summed E-state index contributed by atoms with van der Waals surface area (Å²) < 4.78 is 0. The summed E-state index contributed by atoms with van der Waals surface area (Å²) in [5, 5.41) is 10.2. The average Bonchev–Trinajstić information content (AvgIpc) is 2.34. The lowest BCUT2D eigenvalue weighted by molar-refractivity contribution is 0.465. The largest absolute Gasteiger partial charge is 0.330 e. The normalized spacial score (nSPS) is 12.1. The van der Waals surface area contributed by atoms with Crippen LogP contribution >= 0.6 is 0 Å². The van der Waals surface area contributed by atoms with E-state index in [1.807, 2.05) is 0 Å². The standard InChI is InChI=1S/C10H25N7/c11-5-2-8-14-7-1-4-10(16-17-13)15-9-3-6-12/h10,14-15H,1-9,11-12H2. The third-order valence-electron chi connectivity index (χ3n) is 2.34. The van der Waals surface area contributed by atoms with Crippen molar-refractivity contribution in [1.29, 1.82) is 0 Å². The van der Waals surface area contributed by atoms with Gasteiger partial charge in [-0.15, -0.1) is 0 Å². The van der Waals surface area contributed by atoms with E-state index in [1.54, 1.807) is 0 Å². The number of hydrogen-bond donors (Lipinski definition) is 4. The maximum atomic E-state index is 8.43. The first kappa shape index (κ1) is 16.1. The second-order valence-electron chi connectivity index (χ2n) is 3.85. The third-order valence-corrected chi connectivity index (χ3v) is 2.34. The molecule has 0 fully saturated rings. The van der Waals surface area contributed by atoms with Crippen LogP contribution in [0.3, 0.4) is 0 Å². The van der Waals surface area contributed by atoms with E-state index < -0.39 is 0 Å². The molecule has 0 aliphatic heterocycles. The van der Waals surface area contributed by atoms with Crippen LogP contribution in [0.5, 0.6) is 0 Å². The van der Waals surface area contributed by atoms with Gasteiger partial charge in [0.25, 0.3) is 0 Å². The van der Waals surface area contributed by atoms with Gasteiger partial charge in [0.1, 0.15) is 0 Å². The smallest absolute Gasteiger partial charge is 0.0861 e. The van der Waals surface area contributed by atoms with Crippen LogP contribution in [0.4, 0.5) is 0 Å². The van der Waals surface area contributed by atoms with Crippen molar-refractivity contribution in [2.75, 3.05) is 32.7 Å². The van der Waals surface area contributed by atoms with E-state index in [2.05, 4.69) is 20.7 Å². The van der Waals surface area contributed by atoms with Crippen molar-refractivity contribution < 1.29 is 0 Å². The average molecular weight is 243 g/mol. The molecular formula is C10H25N7. The van der Waals surface area contributed by atoms with E-state index in [0.29, 0.717) is 6.54 Å². The van der Waals surface area contributed by atoms with Gasteiger partial charge in [-0.05, 0) is 63.9 Å². The van der Waals surface area contributed by atoms with Gasteiger partial charge in [0, 0.05) is 4.91 Å². The Bertz CT molecular complexity index is 203. The Morgan fingerprint density at radius 2 is 1.71 bits per heavy atom. The quantitative estimate of drug-likeness (QED) is 0.170. The van der Waals surface area contributed by atoms with E-state index in [1.165, 1.54) is 0 Å². The van der Waals surface area contributed by atoms with Crippen molar-refractivity contribution in [3.05, 3.63) is 10.4 Å². The van der Waals surface area contributed by atoms with Crippen LogP contribution in [-0.2, 0) is 0 Å². The van der Waals surface area contributed by atoms with Gasteiger partial charge in [-0.3, -0.25) is 0 Å². The highest BCUT2D eigenvalue weighted by atomic mass is 15.2. The predicted molar refractivity (Wildman–Crippen MR) is 70.4 cm³/mol. The van der Waals surface area contributed by atoms with Crippen LogP contribution < -0.4 is 22.1 Å². The number of nitrogens with zero attached hydrogens (tertiary/aromatic N) is 3. The van der Waals surface area contributed by atoms with Gasteiger partial charge < -0.3 is 22.1 Å². The molecule has 7 heteroatoms. The molecule has 6 N–H and O–H groups in total. The maximum absolute atomic E-state index is 8.43.